The Morgan fingerprint density at radius 2 is 1.89 bits per heavy atom. The summed E-state index contributed by atoms with van der Waals surface area (Å²) in [5.74, 6) is -10.7. The maximum absolute atomic E-state index is 14.4. The van der Waals surface area contributed by atoms with Crippen LogP contribution in [0.2, 0.25) is 0 Å². The second-order valence-electron chi connectivity index (χ2n) is 7.55. The summed E-state index contributed by atoms with van der Waals surface area (Å²) in [5.41, 5.74) is 0.969. The van der Waals surface area contributed by atoms with Crippen LogP contribution in [0.1, 0.15) is 25.3 Å². The number of amides is 2. The molecule has 1 fully saturated rings. The number of nitrogens with two attached hydrogens (primary N) is 1. The zero-order valence-electron chi connectivity index (χ0n) is 18.4. The Kier molecular flexibility index (Phi) is 10.0. The molecule has 15 heteroatoms. The van der Waals surface area contributed by atoms with Crippen molar-refractivity contribution in [3.8, 4) is 5.75 Å². The number of ether oxygens (including phenoxy) is 2. The van der Waals surface area contributed by atoms with E-state index >= 15 is 0 Å². The molecule has 1 aliphatic rings. The molecule has 1 heterocycles. The summed E-state index contributed by atoms with van der Waals surface area (Å²) in [4.78, 5) is 24.1. The van der Waals surface area contributed by atoms with Crippen molar-refractivity contribution in [2.45, 2.75) is 44.3 Å². The summed E-state index contributed by atoms with van der Waals surface area (Å²) in [5, 5.41) is 2.09. The van der Waals surface area contributed by atoms with Gasteiger partial charge in [-0.2, -0.15) is 0 Å². The fraction of sp³-hybridized carbons (Fsp3) is 0.381. The SMILES string of the molecule is O.[CH-]=C/C(=C\[C](=[Ni])C(N)=O)NC(=O)[C@@H]1O[C@](C)(C(F)(F)F)[C@H](C)[C@H]1c1ccc(F)c(F)c1OC(F)F. The Morgan fingerprint density at radius 3 is 2.36 bits per heavy atom. The van der Waals surface area contributed by atoms with Crippen LogP contribution in [-0.2, 0) is 29.4 Å². The van der Waals surface area contributed by atoms with Gasteiger partial charge in [-0.25, -0.2) is 0 Å². The second kappa shape index (κ2) is 11.5. The first-order valence-corrected chi connectivity index (χ1v) is 10.1. The molecule has 5 N–H and O–H groups in total. The first kappa shape index (κ1) is 31.3. The molecule has 1 aromatic carbocycles. The molecule has 2 rings (SSSR count). The molecule has 204 valence electrons. The zero-order valence-corrected chi connectivity index (χ0v) is 19.4. The first-order chi connectivity index (χ1) is 16.0. The van der Waals surface area contributed by atoms with Crippen molar-refractivity contribution < 1.29 is 70.3 Å². The third-order valence-corrected chi connectivity index (χ3v) is 5.90. The minimum atomic E-state index is -5.07. The molecule has 2 amide bonds. The van der Waals surface area contributed by atoms with E-state index in [1.807, 2.05) is 0 Å². The van der Waals surface area contributed by atoms with E-state index in [0.717, 1.165) is 25.1 Å². The maximum atomic E-state index is 14.4. The van der Waals surface area contributed by atoms with Gasteiger partial charge in [0.15, 0.2) is 0 Å². The quantitative estimate of drug-likeness (QED) is 0.215. The van der Waals surface area contributed by atoms with Crippen molar-refractivity contribution >= 4 is 16.3 Å². The number of hydrogen-bond acceptors (Lipinski definition) is 4. The van der Waals surface area contributed by atoms with Gasteiger partial charge in [-0.05, 0) is 0 Å². The summed E-state index contributed by atoms with van der Waals surface area (Å²) >= 11 is 4.33. The number of primary amides is 1. The number of nitrogens with one attached hydrogen (secondary N) is 1. The number of allylic oxidation sites excluding steroid dienone is 1. The van der Waals surface area contributed by atoms with Crippen molar-refractivity contribution in [3.63, 3.8) is 0 Å². The molecule has 1 aromatic rings. The van der Waals surface area contributed by atoms with Crippen LogP contribution >= 0.6 is 0 Å². The van der Waals surface area contributed by atoms with Crippen molar-refractivity contribution in [1.29, 1.82) is 0 Å². The van der Waals surface area contributed by atoms with E-state index in [1.54, 1.807) is 0 Å². The minimum absolute atomic E-state index is 0. The van der Waals surface area contributed by atoms with Gasteiger partial charge in [0.05, 0.1) is 0 Å². The van der Waals surface area contributed by atoms with Gasteiger partial charge in [-0.1, -0.05) is 0 Å². The first-order valence-electron chi connectivity index (χ1n) is 9.59. The standard InChI is InChI=1S/C21H18F7N2O4.Ni.H2O/c1-4-10(5-8-13(29)31)30-18(32)17-14(9(2)20(3,34-17)21(26,27)28)11-6-7-12(22)15(23)16(11)33-19(24)25;;/h1,4-7,9,14,17,19H,2-3H3,(H2,29,31)(H,30,32);;1H2/q-1;;/b10-5+;;/t9-,14+,17-,20+;;/m1../s1. The van der Waals surface area contributed by atoms with Gasteiger partial charge in [0.1, 0.15) is 0 Å². The number of alkyl halides is 5. The summed E-state index contributed by atoms with van der Waals surface area (Å²) in [6.07, 6.45) is -5.55. The molecule has 0 bridgehead atoms. The number of carbonyl (C=O) groups is 2. The molecule has 0 aromatic heterocycles. The topological polar surface area (TPSA) is 122 Å². The molecule has 0 radical (unpaired) electrons. The molecule has 7 nitrogen and oxygen atoms in total. The Hall–Kier alpha value is -2.77. The summed E-state index contributed by atoms with van der Waals surface area (Å²) < 4.78 is 104. The van der Waals surface area contributed by atoms with E-state index in [9.17, 15) is 40.3 Å². The zero-order chi connectivity index (χ0) is 26.9. The molecule has 0 aliphatic carbocycles. The van der Waals surface area contributed by atoms with Crippen LogP contribution in [0.25, 0.3) is 0 Å². The third kappa shape index (κ3) is 6.13. The number of hydrogen-bond donors (Lipinski definition) is 2. The Labute approximate surface area is 207 Å². The predicted molar refractivity (Wildman–Crippen MR) is 107 cm³/mol. The van der Waals surface area contributed by atoms with Gasteiger partial charge in [-0.3, -0.25) is 0 Å². The third-order valence-electron chi connectivity index (χ3n) is 5.51. The molecule has 0 spiro atoms. The van der Waals surface area contributed by atoms with Crippen LogP contribution < -0.4 is 15.8 Å². The van der Waals surface area contributed by atoms with Crippen LogP contribution in [0.5, 0.6) is 5.75 Å². The van der Waals surface area contributed by atoms with Crippen LogP contribution in [0.4, 0.5) is 30.7 Å². The van der Waals surface area contributed by atoms with Gasteiger partial charge in [-0.15, -0.1) is 0 Å². The molecule has 1 aliphatic heterocycles. The van der Waals surface area contributed by atoms with Crippen molar-refractivity contribution in [2.75, 3.05) is 0 Å². The number of benzene rings is 1. The van der Waals surface area contributed by atoms with E-state index in [4.69, 9.17) is 17.0 Å². The Bertz CT molecular complexity index is 1080. The Morgan fingerprint density at radius 1 is 1.31 bits per heavy atom. The van der Waals surface area contributed by atoms with Crippen LogP contribution in [0, 0.1) is 24.1 Å². The molecular formula is C21H20F7N2NiO5-. The van der Waals surface area contributed by atoms with Gasteiger partial charge in [0.2, 0.25) is 0 Å². The number of halogens is 7. The summed E-state index contributed by atoms with van der Waals surface area (Å²) in [7, 11) is 0. The summed E-state index contributed by atoms with van der Waals surface area (Å²) in [6.45, 7) is 3.29. The van der Waals surface area contributed by atoms with Gasteiger partial charge < -0.3 is 5.48 Å². The van der Waals surface area contributed by atoms with Crippen LogP contribution in [0.15, 0.2) is 30.0 Å². The fourth-order valence-corrected chi connectivity index (χ4v) is 3.73. The van der Waals surface area contributed by atoms with Gasteiger partial charge in [0.25, 0.3) is 0 Å². The molecular weight excluding hydrogens is 552 g/mol. The fourth-order valence-electron chi connectivity index (χ4n) is 3.58. The van der Waals surface area contributed by atoms with Crippen molar-refractivity contribution in [1.82, 2.24) is 5.32 Å². The van der Waals surface area contributed by atoms with Crippen molar-refractivity contribution in [2.24, 2.45) is 11.7 Å². The number of carbonyl (C=O) groups excluding carboxylic acids is 2. The average Bonchev–Trinajstić information content (AvgIpc) is 3.02. The average molecular weight is 572 g/mol. The van der Waals surface area contributed by atoms with E-state index < -0.39 is 75.6 Å². The van der Waals surface area contributed by atoms with Crippen LogP contribution in [0.3, 0.4) is 0 Å². The number of rotatable bonds is 8. The van der Waals surface area contributed by atoms with Crippen molar-refractivity contribution in [3.05, 3.63) is 53.8 Å². The molecule has 4 atom stereocenters. The monoisotopic (exact) mass is 571 g/mol. The van der Waals surface area contributed by atoms with Gasteiger partial charge in [0, 0.05) is 0 Å². The van der Waals surface area contributed by atoms with E-state index in [0.29, 0.717) is 13.0 Å². The predicted octanol–water partition coefficient (Wildman–Crippen LogP) is 2.37. The van der Waals surface area contributed by atoms with Crippen LogP contribution in [-0.4, -0.2) is 46.3 Å². The molecule has 0 unspecified atom stereocenters. The van der Waals surface area contributed by atoms with Gasteiger partial charge >= 0.3 is 202 Å². The molecule has 1 saturated heterocycles. The second-order valence-corrected chi connectivity index (χ2v) is 8.08. The normalized spacial score (nSPS) is 24.2. The molecule has 36 heavy (non-hydrogen) atoms. The summed E-state index contributed by atoms with van der Waals surface area (Å²) in [6, 6.07) is 1.21. The molecule has 0 saturated carbocycles. The Balaban J connectivity index is 0.00000648. The van der Waals surface area contributed by atoms with E-state index in [1.165, 1.54) is 0 Å². The van der Waals surface area contributed by atoms with E-state index in [-0.39, 0.29) is 11.2 Å². The van der Waals surface area contributed by atoms with E-state index in [2.05, 4.69) is 25.1 Å².